The molecule has 2 N–H and O–H groups in total. The maximum absolute atomic E-state index is 13.1. The lowest BCUT2D eigenvalue weighted by Crippen LogP contribution is -2.29. The number of nitrogens with one attached hydrogen (secondary N) is 1. The number of amides is 1. The summed E-state index contributed by atoms with van der Waals surface area (Å²) in [6, 6.07) is 15.0. The average molecular weight is 493 g/mol. The lowest BCUT2D eigenvalue weighted by molar-refractivity contribution is -0.137. The number of aliphatic hydroxyl groups is 1. The van der Waals surface area contributed by atoms with Gasteiger partial charge in [-0.1, -0.05) is 6.07 Å². The van der Waals surface area contributed by atoms with Crippen LogP contribution in [-0.4, -0.2) is 37.0 Å². The first-order chi connectivity index (χ1) is 17.3. The van der Waals surface area contributed by atoms with Crippen molar-refractivity contribution < 1.29 is 23.1 Å². The molecule has 5 rings (SSSR count). The van der Waals surface area contributed by atoms with Crippen LogP contribution in [0.25, 0.3) is 27.6 Å². The van der Waals surface area contributed by atoms with Gasteiger partial charge in [0.1, 0.15) is 0 Å². The number of aryl methyl sites for hydroxylation is 1. The normalized spacial score (nSPS) is 12.8. The van der Waals surface area contributed by atoms with Crippen LogP contribution >= 0.6 is 0 Å². The number of aliphatic hydroxyl groups excluding tert-OH is 1. The third-order valence-corrected chi connectivity index (χ3v) is 6.03. The van der Waals surface area contributed by atoms with Crippen molar-refractivity contribution in [2.45, 2.75) is 18.6 Å². The fourth-order valence-electron chi connectivity index (χ4n) is 4.34. The predicted octanol–water partition coefficient (Wildman–Crippen LogP) is 4.78. The van der Waals surface area contributed by atoms with Crippen molar-refractivity contribution in [3.8, 4) is 5.69 Å². The SMILES string of the molecule is Cn1cc2c3cc(C(=O)NC(CCO)c4ccccn4)ccc3n(-c3ccc(C(F)(F)F)cc3)c2n1. The first-order valence-electron chi connectivity index (χ1n) is 11.2. The average Bonchev–Trinajstić information content (AvgIpc) is 3.38. The molecule has 0 aliphatic carbocycles. The minimum Gasteiger partial charge on any atom is -0.396 e. The Hall–Kier alpha value is -4.18. The third kappa shape index (κ3) is 4.31. The molecule has 36 heavy (non-hydrogen) atoms. The summed E-state index contributed by atoms with van der Waals surface area (Å²) in [6.45, 7) is -0.118. The Labute approximate surface area is 203 Å². The second-order valence-corrected chi connectivity index (χ2v) is 8.44. The van der Waals surface area contributed by atoms with Gasteiger partial charge in [-0.3, -0.25) is 19.0 Å². The Morgan fingerprint density at radius 1 is 1.08 bits per heavy atom. The second-order valence-electron chi connectivity index (χ2n) is 8.44. The molecule has 1 atom stereocenters. The van der Waals surface area contributed by atoms with Crippen molar-refractivity contribution in [2.24, 2.45) is 7.05 Å². The van der Waals surface area contributed by atoms with Gasteiger partial charge in [0.2, 0.25) is 0 Å². The van der Waals surface area contributed by atoms with Crippen LogP contribution < -0.4 is 5.32 Å². The molecule has 0 aliphatic heterocycles. The second kappa shape index (κ2) is 9.12. The summed E-state index contributed by atoms with van der Waals surface area (Å²) >= 11 is 0. The molecule has 10 heteroatoms. The molecule has 1 unspecified atom stereocenters. The van der Waals surface area contributed by atoms with E-state index in [1.54, 1.807) is 52.8 Å². The van der Waals surface area contributed by atoms with Crippen LogP contribution in [0.4, 0.5) is 13.2 Å². The molecule has 7 nitrogen and oxygen atoms in total. The quantitative estimate of drug-likeness (QED) is 0.356. The number of hydrogen-bond acceptors (Lipinski definition) is 4. The highest BCUT2D eigenvalue weighted by atomic mass is 19.4. The highest BCUT2D eigenvalue weighted by Crippen LogP contribution is 2.34. The number of alkyl halides is 3. The van der Waals surface area contributed by atoms with Gasteiger partial charge in [-0.05, 0) is 61.0 Å². The molecule has 3 heterocycles. The number of rotatable bonds is 6. The van der Waals surface area contributed by atoms with Gasteiger partial charge in [0.15, 0.2) is 5.65 Å². The molecule has 0 saturated carbocycles. The van der Waals surface area contributed by atoms with Gasteiger partial charge >= 0.3 is 6.18 Å². The summed E-state index contributed by atoms with van der Waals surface area (Å²) in [7, 11) is 1.76. The summed E-state index contributed by atoms with van der Waals surface area (Å²) in [5.41, 5.74) is 2.11. The van der Waals surface area contributed by atoms with Gasteiger partial charge in [0.05, 0.1) is 22.8 Å². The van der Waals surface area contributed by atoms with Gasteiger partial charge in [-0.25, -0.2) is 0 Å². The van der Waals surface area contributed by atoms with Gasteiger partial charge in [-0.15, -0.1) is 0 Å². The predicted molar refractivity (Wildman–Crippen MR) is 129 cm³/mol. The standard InChI is InChI=1S/C26H22F3N5O2/c1-33-15-20-19-14-16(25(36)31-22(11-13-35)21-4-2-3-12-30-21)5-10-23(19)34(24(20)32-33)18-8-6-17(7-9-18)26(27,28)29/h2-10,12,14-15,22,35H,11,13H2,1H3,(H,31,36). The number of fused-ring (bicyclic) bond motifs is 3. The van der Waals surface area contributed by atoms with E-state index in [1.165, 1.54) is 12.1 Å². The molecule has 1 amide bonds. The summed E-state index contributed by atoms with van der Waals surface area (Å²) in [6.07, 6.45) is -0.686. The van der Waals surface area contributed by atoms with Crippen molar-refractivity contribution >= 4 is 27.8 Å². The van der Waals surface area contributed by atoms with E-state index in [0.29, 0.717) is 34.5 Å². The van der Waals surface area contributed by atoms with E-state index in [9.17, 15) is 23.1 Å². The molecule has 0 radical (unpaired) electrons. The van der Waals surface area contributed by atoms with Crippen LogP contribution in [-0.2, 0) is 13.2 Å². The number of nitrogens with zero attached hydrogens (tertiary/aromatic N) is 4. The Morgan fingerprint density at radius 3 is 2.53 bits per heavy atom. The largest absolute Gasteiger partial charge is 0.416 e. The van der Waals surface area contributed by atoms with Crippen LogP contribution in [0.5, 0.6) is 0 Å². The molecule has 0 fully saturated rings. The minimum atomic E-state index is -4.43. The van der Waals surface area contributed by atoms with Gasteiger partial charge < -0.3 is 10.4 Å². The van der Waals surface area contributed by atoms with Crippen LogP contribution in [0, 0.1) is 0 Å². The molecule has 2 aromatic carbocycles. The Kier molecular flexibility index (Phi) is 5.97. The number of benzene rings is 2. The zero-order chi connectivity index (χ0) is 25.4. The van der Waals surface area contributed by atoms with E-state index in [-0.39, 0.29) is 12.5 Å². The first kappa shape index (κ1) is 23.6. The van der Waals surface area contributed by atoms with Crippen molar-refractivity contribution in [3.63, 3.8) is 0 Å². The van der Waals surface area contributed by atoms with Crippen LogP contribution in [0.15, 0.2) is 73.1 Å². The van der Waals surface area contributed by atoms with E-state index in [2.05, 4.69) is 15.4 Å². The number of halogens is 3. The van der Waals surface area contributed by atoms with Crippen molar-refractivity contribution in [1.82, 2.24) is 24.6 Å². The first-order valence-corrected chi connectivity index (χ1v) is 11.2. The number of aromatic nitrogens is 4. The third-order valence-electron chi connectivity index (χ3n) is 6.03. The molecule has 5 aromatic rings. The topological polar surface area (TPSA) is 85.0 Å². The van der Waals surface area contributed by atoms with Crippen molar-refractivity contribution in [3.05, 3.63) is 89.9 Å². The summed E-state index contributed by atoms with van der Waals surface area (Å²) < 4.78 is 42.6. The van der Waals surface area contributed by atoms with Crippen LogP contribution in [0.1, 0.15) is 34.1 Å². The maximum atomic E-state index is 13.1. The molecule has 0 spiro atoms. The summed E-state index contributed by atoms with van der Waals surface area (Å²) in [5.74, 6) is -0.333. The molecule has 184 valence electrons. The Balaban J connectivity index is 1.55. The highest BCUT2D eigenvalue weighted by Gasteiger charge is 2.30. The molecule has 0 aliphatic rings. The van der Waals surface area contributed by atoms with Gasteiger partial charge in [-0.2, -0.15) is 18.3 Å². The number of hydrogen-bond donors (Lipinski definition) is 2. The molecular formula is C26H22F3N5O2. The minimum absolute atomic E-state index is 0.118. The van der Waals surface area contributed by atoms with Crippen LogP contribution in [0.2, 0.25) is 0 Å². The summed E-state index contributed by atoms with van der Waals surface area (Å²) in [5, 5.41) is 18.4. The lowest BCUT2D eigenvalue weighted by Gasteiger charge is -2.17. The van der Waals surface area contributed by atoms with Crippen molar-refractivity contribution in [2.75, 3.05) is 6.61 Å². The van der Waals surface area contributed by atoms with E-state index in [4.69, 9.17) is 0 Å². The molecular weight excluding hydrogens is 471 g/mol. The fourth-order valence-corrected chi connectivity index (χ4v) is 4.34. The zero-order valence-corrected chi connectivity index (χ0v) is 19.2. The van der Waals surface area contributed by atoms with Crippen molar-refractivity contribution in [1.29, 1.82) is 0 Å². The highest BCUT2D eigenvalue weighted by molar-refractivity contribution is 6.10. The smallest absolute Gasteiger partial charge is 0.396 e. The van der Waals surface area contributed by atoms with Crippen LogP contribution in [0.3, 0.4) is 0 Å². The lowest BCUT2D eigenvalue weighted by atomic mass is 10.1. The molecule has 0 saturated heterocycles. The van der Waals surface area contributed by atoms with E-state index in [0.717, 1.165) is 22.9 Å². The van der Waals surface area contributed by atoms with E-state index >= 15 is 0 Å². The summed E-state index contributed by atoms with van der Waals surface area (Å²) in [4.78, 5) is 17.4. The Bertz CT molecular complexity index is 1540. The van der Waals surface area contributed by atoms with Gasteiger partial charge in [0, 0.05) is 48.1 Å². The number of carbonyl (C=O) groups is 1. The Morgan fingerprint density at radius 2 is 1.86 bits per heavy atom. The van der Waals surface area contributed by atoms with Gasteiger partial charge in [0.25, 0.3) is 5.91 Å². The number of carbonyl (C=O) groups excluding carboxylic acids is 1. The maximum Gasteiger partial charge on any atom is 0.416 e. The monoisotopic (exact) mass is 493 g/mol. The van der Waals surface area contributed by atoms with E-state index in [1.807, 2.05) is 12.3 Å². The molecule has 0 bridgehead atoms. The van der Waals surface area contributed by atoms with E-state index < -0.39 is 17.8 Å². The zero-order valence-electron chi connectivity index (χ0n) is 19.2. The number of pyridine rings is 1. The molecule has 3 aromatic heterocycles. The fraction of sp³-hybridized carbons (Fsp3) is 0.192.